The molecule has 0 aromatic heterocycles. The van der Waals surface area contributed by atoms with Gasteiger partial charge in [-0.1, -0.05) is 6.07 Å². The Balaban J connectivity index is 2.12. The zero-order valence-electron chi connectivity index (χ0n) is 15.3. The van der Waals surface area contributed by atoms with Gasteiger partial charge in [-0.3, -0.25) is 4.79 Å². The van der Waals surface area contributed by atoms with Crippen LogP contribution in [0.25, 0.3) is 0 Å². The largest absolute Gasteiger partial charge is 0.494 e. The minimum atomic E-state index is -0.948. The maximum Gasteiger partial charge on any atom is 0.342 e. The molecule has 26 heavy (non-hydrogen) atoms. The van der Waals surface area contributed by atoms with Gasteiger partial charge in [-0.2, -0.15) is 0 Å². The van der Waals surface area contributed by atoms with Gasteiger partial charge in [-0.05, 0) is 50.2 Å². The second-order valence-corrected chi connectivity index (χ2v) is 5.41. The van der Waals surface area contributed by atoms with E-state index in [2.05, 4.69) is 0 Å². The molecule has 0 radical (unpaired) electrons. The van der Waals surface area contributed by atoms with Crippen molar-refractivity contribution in [2.24, 2.45) is 0 Å². The van der Waals surface area contributed by atoms with Crippen molar-refractivity contribution in [3.63, 3.8) is 0 Å². The van der Waals surface area contributed by atoms with Gasteiger partial charge in [0.05, 0.1) is 20.8 Å². The molecule has 0 bridgehead atoms. The van der Waals surface area contributed by atoms with Crippen LogP contribution in [0.3, 0.4) is 0 Å². The van der Waals surface area contributed by atoms with Crippen LogP contribution in [0.15, 0.2) is 42.5 Å². The number of ketones is 1. The fourth-order valence-corrected chi connectivity index (χ4v) is 2.44. The van der Waals surface area contributed by atoms with Crippen LogP contribution < -0.4 is 14.2 Å². The first-order valence-corrected chi connectivity index (χ1v) is 8.20. The van der Waals surface area contributed by atoms with E-state index in [1.54, 1.807) is 42.5 Å². The van der Waals surface area contributed by atoms with Crippen LogP contribution in [0, 0.1) is 0 Å². The maximum absolute atomic E-state index is 12.5. The Kier molecular flexibility index (Phi) is 6.60. The summed E-state index contributed by atoms with van der Waals surface area (Å²) in [5, 5.41) is 0. The first-order valence-electron chi connectivity index (χ1n) is 8.20. The van der Waals surface area contributed by atoms with Crippen molar-refractivity contribution in [3.8, 4) is 17.2 Å². The van der Waals surface area contributed by atoms with E-state index in [0.29, 0.717) is 23.7 Å². The molecule has 0 saturated carbocycles. The predicted molar refractivity (Wildman–Crippen MR) is 96.4 cm³/mol. The summed E-state index contributed by atoms with van der Waals surface area (Å²) < 4.78 is 21.1. The smallest absolute Gasteiger partial charge is 0.342 e. The van der Waals surface area contributed by atoms with Crippen molar-refractivity contribution in [2.75, 3.05) is 20.8 Å². The number of esters is 1. The molecule has 0 saturated heterocycles. The summed E-state index contributed by atoms with van der Waals surface area (Å²) in [6.45, 7) is 3.96. The van der Waals surface area contributed by atoms with Crippen molar-refractivity contribution in [2.45, 2.75) is 20.0 Å². The second-order valence-electron chi connectivity index (χ2n) is 5.41. The highest BCUT2D eigenvalue weighted by atomic mass is 16.6. The topological polar surface area (TPSA) is 71.1 Å². The fraction of sp³-hybridized carbons (Fsp3) is 0.300. The molecule has 6 heteroatoms. The number of ether oxygens (including phenoxy) is 4. The summed E-state index contributed by atoms with van der Waals surface area (Å²) >= 11 is 0. The average molecular weight is 358 g/mol. The summed E-state index contributed by atoms with van der Waals surface area (Å²) in [5.74, 6) is 0.388. The summed E-state index contributed by atoms with van der Waals surface area (Å²) in [7, 11) is 2.91. The molecule has 0 aliphatic rings. The van der Waals surface area contributed by atoms with Crippen molar-refractivity contribution < 1.29 is 28.5 Å². The third-order valence-corrected chi connectivity index (χ3v) is 3.73. The molecule has 2 aromatic carbocycles. The molecule has 1 atom stereocenters. The number of rotatable bonds is 8. The third kappa shape index (κ3) is 4.33. The van der Waals surface area contributed by atoms with Crippen LogP contribution in [-0.2, 0) is 4.74 Å². The van der Waals surface area contributed by atoms with E-state index >= 15 is 0 Å². The molecular formula is C20H22O6. The van der Waals surface area contributed by atoms with Crippen LogP contribution in [0.2, 0.25) is 0 Å². The molecule has 0 heterocycles. The first-order chi connectivity index (χ1) is 12.5. The Morgan fingerprint density at radius 1 is 1.00 bits per heavy atom. The normalized spacial score (nSPS) is 11.4. The summed E-state index contributed by atoms with van der Waals surface area (Å²) in [6.07, 6.45) is -0.948. The predicted octanol–water partition coefficient (Wildman–Crippen LogP) is 3.53. The number of hydrogen-bond acceptors (Lipinski definition) is 6. The van der Waals surface area contributed by atoms with Gasteiger partial charge in [0.15, 0.2) is 17.6 Å². The molecule has 0 fully saturated rings. The Labute approximate surface area is 152 Å². The lowest BCUT2D eigenvalue weighted by Gasteiger charge is -2.15. The molecule has 0 amide bonds. The van der Waals surface area contributed by atoms with E-state index in [0.717, 1.165) is 0 Å². The van der Waals surface area contributed by atoms with Crippen molar-refractivity contribution in [1.82, 2.24) is 0 Å². The number of hydrogen-bond donors (Lipinski definition) is 0. The second kappa shape index (κ2) is 8.89. The van der Waals surface area contributed by atoms with Gasteiger partial charge < -0.3 is 18.9 Å². The lowest BCUT2D eigenvalue weighted by Crippen LogP contribution is -2.24. The Morgan fingerprint density at radius 3 is 2.27 bits per heavy atom. The van der Waals surface area contributed by atoms with Gasteiger partial charge in [-0.25, -0.2) is 4.79 Å². The zero-order valence-corrected chi connectivity index (χ0v) is 15.3. The quantitative estimate of drug-likeness (QED) is 0.531. The van der Waals surface area contributed by atoms with E-state index in [-0.39, 0.29) is 17.1 Å². The van der Waals surface area contributed by atoms with Crippen molar-refractivity contribution in [1.29, 1.82) is 0 Å². The molecule has 0 N–H and O–H groups in total. The minimum Gasteiger partial charge on any atom is -0.494 e. The standard InChI is InChI=1S/C20H22O6/c1-5-25-15-11-9-14(10-12-15)18(21)13(2)26-20(22)16-7-6-8-17(23-3)19(16)24-4/h6-13H,5H2,1-4H3/t13-/m1/s1. The number of para-hydroxylation sites is 1. The van der Waals surface area contributed by atoms with E-state index in [4.69, 9.17) is 18.9 Å². The molecule has 0 aliphatic heterocycles. The van der Waals surface area contributed by atoms with E-state index < -0.39 is 12.1 Å². The van der Waals surface area contributed by atoms with Crippen LogP contribution >= 0.6 is 0 Å². The fourth-order valence-electron chi connectivity index (χ4n) is 2.44. The molecule has 6 nitrogen and oxygen atoms in total. The minimum absolute atomic E-state index is 0.193. The number of Topliss-reactive ketones (excluding diaryl/α,β-unsaturated/α-hetero) is 1. The van der Waals surface area contributed by atoms with Gasteiger partial charge in [0, 0.05) is 5.56 Å². The highest BCUT2D eigenvalue weighted by Gasteiger charge is 2.24. The SMILES string of the molecule is CCOc1ccc(C(=O)[C@@H](C)OC(=O)c2cccc(OC)c2OC)cc1. The van der Waals surface area contributed by atoms with E-state index in [1.807, 2.05) is 6.92 Å². The van der Waals surface area contributed by atoms with Crippen LogP contribution in [0.1, 0.15) is 34.6 Å². The number of carbonyl (C=O) groups excluding carboxylic acids is 2. The summed E-state index contributed by atoms with van der Waals surface area (Å²) in [6, 6.07) is 11.6. The van der Waals surface area contributed by atoms with Gasteiger partial charge in [0.2, 0.25) is 5.78 Å². The van der Waals surface area contributed by atoms with E-state index in [1.165, 1.54) is 21.1 Å². The number of carbonyl (C=O) groups is 2. The zero-order chi connectivity index (χ0) is 19.1. The Morgan fingerprint density at radius 2 is 1.69 bits per heavy atom. The third-order valence-electron chi connectivity index (χ3n) is 3.73. The number of benzene rings is 2. The van der Waals surface area contributed by atoms with Gasteiger partial charge in [0.1, 0.15) is 11.3 Å². The first kappa shape index (κ1) is 19.3. The molecule has 2 rings (SSSR count). The van der Waals surface area contributed by atoms with Crippen molar-refractivity contribution in [3.05, 3.63) is 53.6 Å². The highest BCUT2D eigenvalue weighted by molar-refractivity contribution is 6.02. The Bertz CT molecular complexity index is 766. The summed E-state index contributed by atoms with van der Waals surface area (Å²) in [5.41, 5.74) is 0.629. The van der Waals surface area contributed by atoms with Gasteiger partial charge in [0.25, 0.3) is 0 Å². The molecule has 138 valence electrons. The number of methoxy groups -OCH3 is 2. The molecule has 2 aromatic rings. The monoisotopic (exact) mass is 358 g/mol. The highest BCUT2D eigenvalue weighted by Crippen LogP contribution is 2.31. The maximum atomic E-state index is 12.5. The van der Waals surface area contributed by atoms with Gasteiger partial charge in [-0.15, -0.1) is 0 Å². The van der Waals surface area contributed by atoms with Gasteiger partial charge >= 0.3 is 5.97 Å². The lowest BCUT2D eigenvalue weighted by atomic mass is 10.1. The average Bonchev–Trinajstić information content (AvgIpc) is 2.67. The van der Waals surface area contributed by atoms with Crippen LogP contribution in [-0.4, -0.2) is 38.7 Å². The van der Waals surface area contributed by atoms with Crippen LogP contribution in [0.5, 0.6) is 17.2 Å². The van der Waals surface area contributed by atoms with Crippen molar-refractivity contribution >= 4 is 11.8 Å². The van der Waals surface area contributed by atoms with Crippen LogP contribution in [0.4, 0.5) is 0 Å². The van der Waals surface area contributed by atoms with E-state index in [9.17, 15) is 9.59 Å². The molecule has 0 spiro atoms. The molecular weight excluding hydrogens is 336 g/mol. The molecule has 0 aliphatic carbocycles. The molecule has 0 unspecified atom stereocenters. The summed E-state index contributed by atoms with van der Waals surface area (Å²) in [4.78, 5) is 24.9. The lowest BCUT2D eigenvalue weighted by molar-refractivity contribution is 0.0315. The Hall–Kier alpha value is -3.02.